The van der Waals surface area contributed by atoms with Gasteiger partial charge in [-0.3, -0.25) is 4.79 Å². The van der Waals surface area contributed by atoms with Crippen molar-refractivity contribution in [2.24, 2.45) is 0 Å². The smallest absolute Gasteiger partial charge is 0.226 e. The number of halogens is 1. The molecule has 0 radical (unpaired) electrons. The summed E-state index contributed by atoms with van der Waals surface area (Å²) in [5.41, 5.74) is 2.52. The average molecular weight is 466 g/mol. The van der Waals surface area contributed by atoms with Crippen molar-refractivity contribution in [3.05, 3.63) is 93.3 Å². The fraction of sp³-hybridized carbons (Fsp3) is 0.167. The molecule has 0 atom stereocenters. The summed E-state index contributed by atoms with van der Waals surface area (Å²) < 4.78 is 11.8. The highest BCUT2D eigenvalue weighted by Crippen LogP contribution is 2.40. The van der Waals surface area contributed by atoms with E-state index in [2.05, 4.69) is 15.2 Å². The number of carbonyl (C=O) groups excluding carboxylic acids is 1. The molecule has 1 amide bonds. The highest BCUT2D eigenvalue weighted by molar-refractivity contribution is 7.09. The van der Waals surface area contributed by atoms with Crippen LogP contribution in [0.25, 0.3) is 0 Å². The molecule has 0 saturated carbocycles. The number of anilines is 1. The van der Waals surface area contributed by atoms with Crippen LogP contribution in [0.1, 0.15) is 22.0 Å². The molecule has 3 heterocycles. The molecule has 1 aliphatic rings. The van der Waals surface area contributed by atoms with Crippen LogP contribution >= 0.6 is 22.9 Å². The minimum atomic E-state index is -0.0903. The number of aromatic nitrogens is 1. The Morgan fingerprint density at radius 3 is 2.94 bits per heavy atom. The summed E-state index contributed by atoms with van der Waals surface area (Å²) in [6.07, 6.45) is 1.71. The molecule has 1 aliphatic heterocycles. The summed E-state index contributed by atoms with van der Waals surface area (Å²) in [5.74, 6) is 1.97. The minimum absolute atomic E-state index is 0.0903. The molecule has 0 spiro atoms. The summed E-state index contributed by atoms with van der Waals surface area (Å²) >= 11 is 7.89. The first kappa shape index (κ1) is 20.6. The van der Waals surface area contributed by atoms with E-state index >= 15 is 0 Å². The maximum atomic E-state index is 12.3. The summed E-state index contributed by atoms with van der Waals surface area (Å²) in [4.78, 5) is 20.0. The highest BCUT2D eigenvalue weighted by Gasteiger charge is 2.23. The van der Waals surface area contributed by atoms with Gasteiger partial charge in [-0.25, -0.2) is 4.98 Å². The van der Waals surface area contributed by atoms with Gasteiger partial charge >= 0.3 is 0 Å². The molecule has 32 heavy (non-hydrogen) atoms. The molecule has 2 aromatic carbocycles. The first-order valence-electron chi connectivity index (χ1n) is 10.2. The van der Waals surface area contributed by atoms with Crippen molar-refractivity contribution < 1.29 is 13.9 Å². The molecule has 0 bridgehead atoms. The van der Waals surface area contributed by atoms with Gasteiger partial charge < -0.3 is 19.4 Å². The van der Waals surface area contributed by atoms with Gasteiger partial charge in [-0.2, -0.15) is 0 Å². The van der Waals surface area contributed by atoms with E-state index < -0.39 is 0 Å². The number of ether oxygens (including phenoxy) is 1. The SMILES string of the molecule is O=C(Cc1coc(CN2Cc3ccccc3Oc3ccc(Cl)cc32)n1)NCc1cccs1. The number of hydrogen-bond donors (Lipinski definition) is 1. The Hall–Kier alpha value is -3.29. The number of fused-ring (bicyclic) bond motifs is 2. The Balaban J connectivity index is 1.31. The number of oxazole rings is 1. The molecule has 0 unspecified atom stereocenters. The summed E-state index contributed by atoms with van der Waals surface area (Å²) in [5, 5.41) is 5.52. The number of nitrogens with one attached hydrogen (secondary N) is 1. The van der Waals surface area contributed by atoms with Crippen LogP contribution in [-0.2, 0) is 30.8 Å². The predicted molar refractivity (Wildman–Crippen MR) is 124 cm³/mol. The van der Waals surface area contributed by atoms with Crippen LogP contribution in [-0.4, -0.2) is 10.9 Å². The Bertz CT molecular complexity index is 1240. The van der Waals surface area contributed by atoms with Crippen LogP contribution in [0.3, 0.4) is 0 Å². The number of nitrogens with zero attached hydrogens (tertiary/aromatic N) is 2. The fourth-order valence-corrected chi connectivity index (χ4v) is 4.41. The summed E-state index contributed by atoms with van der Waals surface area (Å²) in [6.45, 7) is 1.55. The lowest BCUT2D eigenvalue weighted by atomic mass is 10.2. The second-order valence-electron chi connectivity index (χ2n) is 7.44. The molecular formula is C24H20ClN3O3S. The molecule has 8 heteroatoms. The van der Waals surface area contributed by atoms with Gasteiger partial charge in [0.15, 0.2) is 5.75 Å². The maximum Gasteiger partial charge on any atom is 0.226 e. The van der Waals surface area contributed by atoms with E-state index in [1.807, 2.05) is 60.0 Å². The number of rotatable bonds is 6. The zero-order valence-electron chi connectivity index (χ0n) is 17.1. The van der Waals surface area contributed by atoms with Gasteiger partial charge in [-0.15, -0.1) is 11.3 Å². The lowest BCUT2D eigenvalue weighted by Crippen LogP contribution is -2.24. The standard InChI is InChI=1S/C24H20ClN3O3S/c25-17-7-8-22-20(10-17)28(13-16-4-1-2-6-21(16)31-22)14-24-27-18(15-30-24)11-23(29)26-12-19-5-3-9-32-19/h1-10,15H,11-14H2,(H,26,29). The predicted octanol–water partition coefficient (Wildman–Crippen LogP) is 5.56. The van der Waals surface area contributed by atoms with Crippen molar-refractivity contribution in [3.8, 4) is 11.5 Å². The van der Waals surface area contributed by atoms with E-state index in [1.54, 1.807) is 17.6 Å². The van der Waals surface area contributed by atoms with Crippen molar-refractivity contribution in [2.45, 2.75) is 26.1 Å². The second-order valence-corrected chi connectivity index (χ2v) is 8.91. The third kappa shape index (κ3) is 4.64. The molecule has 0 saturated heterocycles. The summed E-state index contributed by atoms with van der Waals surface area (Å²) in [7, 11) is 0. The van der Waals surface area contributed by atoms with E-state index in [4.69, 9.17) is 20.8 Å². The third-order valence-corrected chi connectivity index (χ3v) is 6.23. The normalized spacial score (nSPS) is 12.5. The molecule has 162 valence electrons. The maximum absolute atomic E-state index is 12.3. The first-order valence-corrected chi connectivity index (χ1v) is 11.4. The van der Waals surface area contributed by atoms with Crippen LogP contribution in [0.2, 0.25) is 5.02 Å². The number of thiophene rings is 1. The van der Waals surface area contributed by atoms with E-state index in [9.17, 15) is 4.79 Å². The van der Waals surface area contributed by atoms with E-state index in [1.165, 1.54) is 0 Å². The Kier molecular flexibility index (Phi) is 5.83. The molecule has 1 N–H and O–H groups in total. The van der Waals surface area contributed by atoms with Gasteiger partial charge in [-0.1, -0.05) is 35.9 Å². The van der Waals surface area contributed by atoms with Crippen molar-refractivity contribution in [1.29, 1.82) is 0 Å². The van der Waals surface area contributed by atoms with Crippen LogP contribution in [0.4, 0.5) is 5.69 Å². The van der Waals surface area contributed by atoms with E-state index in [-0.39, 0.29) is 12.3 Å². The van der Waals surface area contributed by atoms with Crippen LogP contribution < -0.4 is 15.0 Å². The number of hydrogen-bond acceptors (Lipinski definition) is 6. The molecule has 0 aliphatic carbocycles. The number of carbonyl (C=O) groups is 1. The second kappa shape index (κ2) is 9.06. The molecule has 2 aromatic heterocycles. The van der Waals surface area contributed by atoms with Crippen LogP contribution in [0, 0.1) is 0 Å². The highest BCUT2D eigenvalue weighted by atomic mass is 35.5. The molecule has 6 nitrogen and oxygen atoms in total. The van der Waals surface area contributed by atoms with E-state index in [0.29, 0.717) is 36.2 Å². The third-order valence-electron chi connectivity index (χ3n) is 5.12. The van der Waals surface area contributed by atoms with Crippen molar-refractivity contribution in [2.75, 3.05) is 4.90 Å². The van der Waals surface area contributed by atoms with Gasteiger partial charge in [0.05, 0.1) is 30.9 Å². The zero-order valence-corrected chi connectivity index (χ0v) is 18.7. The Morgan fingerprint density at radius 2 is 2.06 bits per heavy atom. The number of para-hydroxylation sites is 1. The van der Waals surface area contributed by atoms with Crippen LogP contribution in [0.5, 0.6) is 11.5 Å². The van der Waals surface area contributed by atoms with Gasteiger partial charge in [0.2, 0.25) is 11.8 Å². The zero-order chi connectivity index (χ0) is 21.9. The Morgan fingerprint density at radius 1 is 1.16 bits per heavy atom. The molecule has 4 aromatic rings. The fourth-order valence-electron chi connectivity index (χ4n) is 3.60. The van der Waals surface area contributed by atoms with Crippen molar-refractivity contribution in [1.82, 2.24) is 10.3 Å². The minimum Gasteiger partial charge on any atom is -0.455 e. The van der Waals surface area contributed by atoms with Gasteiger partial charge in [0.25, 0.3) is 0 Å². The quantitative estimate of drug-likeness (QED) is 0.403. The largest absolute Gasteiger partial charge is 0.455 e. The Labute approximate surface area is 194 Å². The average Bonchev–Trinajstić information content (AvgIpc) is 3.43. The van der Waals surface area contributed by atoms with Gasteiger partial charge in [0.1, 0.15) is 12.0 Å². The van der Waals surface area contributed by atoms with Crippen LogP contribution in [0.15, 0.2) is 70.7 Å². The summed E-state index contributed by atoms with van der Waals surface area (Å²) in [6, 6.07) is 17.4. The lowest BCUT2D eigenvalue weighted by molar-refractivity contribution is -0.120. The van der Waals surface area contributed by atoms with Gasteiger partial charge in [-0.05, 0) is 35.7 Å². The van der Waals surface area contributed by atoms with E-state index in [0.717, 1.165) is 27.6 Å². The van der Waals surface area contributed by atoms with Crippen molar-refractivity contribution in [3.63, 3.8) is 0 Å². The first-order chi connectivity index (χ1) is 15.6. The molecule has 0 fully saturated rings. The topological polar surface area (TPSA) is 67.6 Å². The lowest BCUT2D eigenvalue weighted by Gasteiger charge is -2.22. The molecular weight excluding hydrogens is 446 g/mol. The molecule has 5 rings (SSSR count). The number of amides is 1. The van der Waals surface area contributed by atoms with Crippen molar-refractivity contribution >= 4 is 34.5 Å². The van der Waals surface area contributed by atoms with Gasteiger partial charge in [0, 0.05) is 22.0 Å². The number of benzene rings is 2. The monoisotopic (exact) mass is 465 g/mol.